The first-order valence-corrected chi connectivity index (χ1v) is 10.4. The van der Waals surface area contributed by atoms with E-state index >= 15 is 0 Å². The van der Waals surface area contributed by atoms with E-state index in [2.05, 4.69) is 4.90 Å². The van der Waals surface area contributed by atoms with Gasteiger partial charge in [0.15, 0.2) is 9.84 Å². The number of sulfone groups is 1. The maximum Gasteiger partial charge on any atom is 0.319 e. The van der Waals surface area contributed by atoms with Crippen molar-refractivity contribution in [3.63, 3.8) is 0 Å². The molecular weight excluding hydrogens is 361 g/mol. The van der Waals surface area contributed by atoms with E-state index in [1.165, 1.54) is 17.0 Å². The number of halogens is 1. The first kappa shape index (κ1) is 18.9. The minimum absolute atomic E-state index is 0.00651. The second kappa shape index (κ2) is 7.40. The molecule has 2 aliphatic rings. The molecule has 0 aromatic heterocycles. The number of carbonyl (C=O) groups excluding carboxylic acids is 1. The van der Waals surface area contributed by atoms with Crippen LogP contribution in [0.2, 0.25) is 0 Å². The van der Waals surface area contributed by atoms with Crippen LogP contribution in [0.3, 0.4) is 0 Å². The monoisotopic (exact) mass is 385 g/mol. The summed E-state index contributed by atoms with van der Waals surface area (Å²) >= 11 is 0. The molecule has 0 aliphatic carbocycles. The van der Waals surface area contributed by atoms with E-state index in [-0.39, 0.29) is 35.4 Å². The summed E-state index contributed by atoms with van der Waals surface area (Å²) in [6, 6.07) is 5.10. The fourth-order valence-corrected chi connectivity index (χ4v) is 5.62. The van der Waals surface area contributed by atoms with Crippen LogP contribution in [0.15, 0.2) is 24.3 Å². The van der Waals surface area contributed by atoms with Gasteiger partial charge in [-0.3, -0.25) is 4.90 Å². The van der Waals surface area contributed by atoms with Gasteiger partial charge < -0.3 is 14.5 Å². The van der Waals surface area contributed by atoms with Crippen molar-refractivity contribution in [2.24, 2.45) is 0 Å². The molecule has 0 radical (unpaired) electrons. The van der Waals surface area contributed by atoms with Crippen LogP contribution in [0.25, 0.3) is 0 Å². The Morgan fingerprint density at radius 2 is 1.85 bits per heavy atom. The Bertz CT molecular complexity index is 754. The number of carbonyl (C=O) groups is 1. The van der Waals surface area contributed by atoms with Gasteiger partial charge in [0.25, 0.3) is 0 Å². The van der Waals surface area contributed by atoms with Gasteiger partial charge >= 0.3 is 6.03 Å². The van der Waals surface area contributed by atoms with Crippen molar-refractivity contribution in [2.45, 2.75) is 12.1 Å². The molecule has 1 aromatic rings. The number of rotatable bonds is 4. The van der Waals surface area contributed by atoms with Crippen molar-refractivity contribution >= 4 is 15.9 Å². The Labute approximate surface area is 153 Å². The number of benzene rings is 1. The Morgan fingerprint density at radius 3 is 2.50 bits per heavy atom. The maximum absolute atomic E-state index is 12.9. The Balaban J connectivity index is 1.64. The van der Waals surface area contributed by atoms with Crippen LogP contribution < -0.4 is 4.74 Å². The van der Waals surface area contributed by atoms with Gasteiger partial charge in [-0.15, -0.1) is 0 Å². The number of hydrogen-bond acceptors (Lipinski definition) is 5. The van der Waals surface area contributed by atoms with Crippen molar-refractivity contribution in [3.8, 4) is 5.75 Å². The number of ether oxygens (including phenoxy) is 1. The first-order chi connectivity index (χ1) is 12.3. The summed E-state index contributed by atoms with van der Waals surface area (Å²) in [5, 5.41) is 0. The molecule has 9 heteroatoms. The zero-order valence-corrected chi connectivity index (χ0v) is 15.8. The summed E-state index contributed by atoms with van der Waals surface area (Å²) in [5.74, 6) is 0.319. The summed E-state index contributed by atoms with van der Waals surface area (Å²) in [6.45, 7) is 2.02. The molecule has 2 fully saturated rings. The Morgan fingerprint density at radius 1 is 1.19 bits per heavy atom. The molecule has 144 valence electrons. The molecular formula is C17H24FN3O4S. The molecule has 0 spiro atoms. The highest BCUT2D eigenvalue weighted by Crippen LogP contribution is 2.27. The van der Waals surface area contributed by atoms with Gasteiger partial charge in [0.05, 0.1) is 17.5 Å². The number of amides is 2. The smallest absolute Gasteiger partial charge is 0.319 e. The first-order valence-electron chi connectivity index (χ1n) is 8.57. The predicted octanol–water partition coefficient (Wildman–Crippen LogP) is 0.669. The SMILES string of the molecule is CN(C)C(=O)N1CCN(CCOc2ccc(F)cc2)[C@H]2CS(=O)(=O)C[C@H]21. The molecule has 0 bridgehead atoms. The third-order valence-electron chi connectivity index (χ3n) is 4.88. The van der Waals surface area contributed by atoms with E-state index in [0.29, 0.717) is 32.0 Å². The summed E-state index contributed by atoms with van der Waals surface area (Å²) in [5.41, 5.74) is 0. The highest BCUT2D eigenvalue weighted by atomic mass is 32.2. The van der Waals surface area contributed by atoms with Crippen molar-refractivity contribution in [3.05, 3.63) is 30.1 Å². The van der Waals surface area contributed by atoms with Gasteiger partial charge in [0.2, 0.25) is 0 Å². The van der Waals surface area contributed by atoms with Gasteiger partial charge in [-0.25, -0.2) is 17.6 Å². The third-order valence-corrected chi connectivity index (χ3v) is 6.58. The van der Waals surface area contributed by atoms with E-state index in [0.717, 1.165) is 0 Å². The Kier molecular flexibility index (Phi) is 5.38. The van der Waals surface area contributed by atoms with E-state index in [1.807, 2.05) is 0 Å². The molecule has 0 saturated carbocycles. The molecule has 26 heavy (non-hydrogen) atoms. The lowest BCUT2D eigenvalue weighted by atomic mass is 10.1. The summed E-state index contributed by atoms with van der Waals surface area (Å²) in [6.07, 6.45) is 0. The molecule has 1 aromatic carbocycles. The molecule has 2 heterocycles. The topological polar surface area (TPSA) is 70.2 Å². The maximum atomic E-state index is 12.9. The van der Waals surface area contributed by atoms with Crippen LogP contribution >= 0.6 is 0 Å². The minimum Gasteiger partial charge on any atom is -0.492 e. The van der Waals surface area contributed by atoms with Crippen molar-refractivity contribution in [2.75, 3.05) is 51.8 Å². The molecule has 2 aliphatic heterocycles. The van der Waals surface area contributed by atoms with Crippen LogP contribution in [0, 0.1) is 5.82 Å². The number of hydrogen-bond donors (Lipinski definition) is 0. The zero-order valence-electron chi connectivity index (χ0n) is 15.0. The van der Waals surface area contributed by atoms with Crippen LogP contribution in [0.1, 0.15) is 0 Å². The fraction of sp³-hybridized carbons (Fsp3) is 0.588. The number of piperazine rings is 1. The molecule has 0 unspecified atom stereocenters. The number of nitrogens with zero attached hydrogens (tertiary/aromatic N) is 3. The normalized spacial score (nSPS) is 25.0. The molecule has 2 amide bonds. The van der Waals surface area contributed by atoms with Gasteiger partial charge in [0, 0.05) is 39.8 Å². The van der Waals surface area contributed by atoms with Gasteiger partial charge in [0.1, 0.15) is 18.2 Å². The zero-order chi connectivity index (χ0) is 18.9. The van der Waals surface area contributed by atoms with Crippen molar-refractivity contribution in [1.82, 2.24) is 14.7 Å². The van der Waals surface area contributed by atoms with Crippen LogP contribution in [-0.4, -0.2) is 93.1 Å². The summed E-state index contributed by atoms with van der Waals surface area (Å²) in [4.78, 5) is 17.6. The quantitative estimate of drug-likeness (QED) is 0.762. The molecule has 3 rings (SSSR count). The number of urea groups is 1. The highest BCUT2D eigenvalue weighted by molar-refractivity contribution is 7.91. The lowest BCUT2D eigenvalue weighted by Gasteiger charge is -2.44. The van der Waals surface area contributed by atoms with Gasteiger partial charge in [-0.05, 0) is 24.3 Å². The van der Waals surface area contributed by atoms with Gasteiger partial charge in [-0.1, -0.05) is 0 Å². The van der Waals surface area contributed by atoms with E-state index in [4.69, 9.17) is 4.74 Å². The third kappa shape index (κ3) is 4.09. The summed E-state index contributed by atoms with van der Waals surface area (Å²) < 4.78 is 42.9. The minimum atomic E-state index is -3.17. The Hall–Kier alpha value is -1.87. The molecule has 7 nitrogen and oxygen atoms in total. The lowest BCUT2D eigenvalue weighted by molar-refractivity contribution is 0.0488. The molecule has 2 saturated heterocycles. The molecule has 2 atom stereocenters. The van der Waals surface area contributed by atoms with Crippen molar-refractivity contribution in [1.29, 1.82) is 0 Å². The highest BCUT2D eigenvalue weighted by Gasteiger charge is 2.48. The second-order valence-corrected chi connectivity index (χ2v) is 9.07. The van der Waals surface area contributed by atoms with Crippen LogP contribution in [-0.2, 0) is 9.84 Å². The van der Waals surface area contributed by atoms with E-state index in [1.54, 1.807) is 31.1 Å². The second-order valence-electron chi connectivity index (χ2n) is 6.92. The predicted molar refractivity (Wildman–Crippen MR) is 95.5 cm³/mol. The largest absolute Gasteiger partial charge is 0.492 e. The van der Waals surface area contributed by atoms with E-state index in [9.17, 15) is 17.6 Å². The number of fused-ring (bicyclic) bond motifs is 1. The lowest BCUT2D eigenvalue weighted by Crippen LogP contribution is -2.62. The average molecular weight is 385 g/mol. The standard InChI is InChI=1S/C17H24FN3O4S/c1-19(2)17(22)21-8-7-20(15-11-26(23,24)12-16(15)21)9-10-25-14-5-3-13(18)4-6-14/h3-6,15-16H,7-12H2,1-2H3/t15-,16+/m0/s1. The van der Waals surface area contributed by atoms with E-state index < -0.39 is 9.84 Å². The average Bonchev–Trinajstić information content (AvgIpc) is 2.91. The summed E-state index contributed by atoms with van der Waals surface area (Å²) in [7, 11) is 0.168. The van der Waals surface area contributed by atoms with Crippen molar-refractivity contribution < 1.29 is 22.3 Å². The fourth-order valence-electron chi connectivity index (χ4n) is 3.61. The van der Waals surface area contributed by atoms with Gasteiger partial charge in [-0.2, -0.15) is 0 Å². The van der Waals surface area contributed by atoms with Crippen LogP contribution in [0.5, 0.6) is 5.75 Å². The van der Waals surface area contributed by atoms with Crippen LogP contribution in [0.4, 0.5) is 9.18 Å². The molecule has 0 N–H and O–H groups in total.